The molecule has 2 aromatic rings. The Morgan fingerprint density at radius 1 is 1.23 bits per heavy atom. The molecule has 6 heteroatoms. The summed E-state index contributed by atoms with van der Waals surface area (Å²) in [7, 11) is 2.07. The van der Waals surface area contributed by atoms with E-state index in [2.05, 4.69) is 37.8 Å². The zero-order chi connectivity index (χ0) is 18.7. The highest BCUT2D eigenvalue weighted by molar-refractivity contribution is 7.10. The Bertz CT molecular complexity index is 914. The number of allylic oxidation sites excluding steroid dienone is 2. The van der Waals surface area contributed by atoms with Gasteiger partial charge >= 0.3 is 0 Å². The zero-order valence-electron chi connectivity index (χ0n) is 14.6. The second-order valence-corrected chi connectivity index (χ2v) is 7.16. The monoisotopic (exact) mass is 368 g/mol. The summed E-state index contributed by atoms with van der Waals surface area (Å²) in [4.78, 5) is 3.13. The normalized spacial score (nSPS) is 13.7. The summed E-state index contributed by atoms with van der Waals surface area (Å²) in [6.07, 6.45) is 5.70. The van der Waals surface area contributed by atoms with E-state index in [0.717, 1.165) is 23.0 Å². The lowest BCUT2D eigenvalue weighted by atomic mass is 10.0. The van der Waals surface area contributed by atoms with E-state index in [4.69, 9.17) is 0 Å². The molecule has 0 radical (unpaired) electrons. The molecule has 0 saturated heterocycles. The van der Waals surface area contributed by atoms with Crippen LogP contribution in [0, 0.1) is 11.6 Å². The van der Waals surface area contributed by atoms with Crippen molar-refractivity contribution in [3.8, 4) is 0 Å². The number of halogens is 2. The molecule has 0 spiro atoms. The minimum absolute atomic E-state index is 0.404. The molecule has 2 heterocycles. The van der Waals surface area contributed by atoms with Gasteiger partial charge in [-0.15, -0.1) is 11.3 Å². The fraction of sp³-hybridized carbons (Fsp3) is 0.100. The predicted molar refractivity (Wildman–Crippen MR) is 107 cm³/mol. The molecular formula is C20H19BF2N2S. The van der Waals surface area contributed by atoms with Crippen LogP contribution in [-0.2, 0) is 13.1 Å². The summed E-state index contributed by atoms with van der Waals surface area (Å²) in [5.41, 5.74) is 4.35. The Labute approximate surface area is 157 Å². The molecule has 1 aliphatic rings. The van der Waals surface area contributed by atoms with Gasteiger partial charge in [-0.25, -0.2) is 8.78 Å². The number of thiophene rings is 1. The fourth-order valence-corrected chi connectivity index (χ4v) is 3.53. The highest BCUT2D eigenvalue weighted by Crippen LogP contribution is 2.26. The van der Waals surface area contributed by atoms with E-state index in [1.807, 2.05) is 23.3 Å². The van der Waals surface area contributed by atoms with Crippen molar-refractivity contribution in [2.75, 3.05) is 0 Å². The molecule has 1 aromatic carbocycles. The van der Waals surface area contributed by atoms with Gasteiger partial charge in [-0.1, -0.05) is 30.8 Å². The summed E-state index contributed by atoms with van der Waals surface area (Å²) < 4.78 is 26.5. The van der Waals surface area contributed by atoms with E-state index in [1.54, 1.807) is 17.4 Å². The van der Waals surface area contributed by atoms with Crippen molar-refractivity contribution in [3.63, 3.8) is 0 Å². The molecule has 0 saturated carbocycles. The minimum Gasteiger partial charge on any atom is -0.380 e. The third-order valence-electron chi connectivity index (χ3n) is 4.11. The fourth-order valence-electron chi connectivity index (χ4n) is 2.71. The molecule has 0 aliphatic carbocycles. The molecule has 0 fully saturated rings. The van der Waals surface area contributed by atoms with E-state index >= 15 is 0 Å². The first-order valence-electron chi connectivity index (χ1n) is 8.19. The Hall–Kier alpha value is -2.60. The van der Waals surface area contributed by atoms with E-state index in [1.165, 1.54) is 16.4 Å². The molecule has 0 amide bonds. The number of nitrogens with one attached hydrogen (secondary N) is 1. The Morgan fingerprint density at radius 2 is 2.04 bits per heavy atom. The van der Waals surface area contributed by atoms with Crippen LogP contribution in [0.4, 0.5) is 8.78 Å². The smallest absolute Gasteiger partial charge is 0.159 e. The predicted octanol–water partition coefficient (Wildman–Crippen LogP) is 3.36. The first kappa shape index (κ1) is 18.2. The van der Waals surface area contributed by atoms with E-state index in [0.29, 0.717) is 18.7 Å². The molecule has 0 bridgehead atoms. The van der Waals surface area contributed by atoms with Crippen LogP contribution in [0.3, 0.4) is 0 Å². The summed E-state index contributed by atoms with van der Waals surface area (Å²) in [6, 6.07) is 6.07. The van der Waals surface area contributed by atoms with Gasteiger partial charge in [0.1, 0.15) is 7.85 Å². The van der Waals surface area contributed by atoms with Gasteiger partial charge < -0.3 is 10.2 Å². The van der Waals surface area contributed by atoms with Crippen LogP contribution in [0.1, 0.15) is 10.4 Å². The van der Waals surface area contributed by atoms with Crippen molar-refractivity contribution >= 4 is 24.6 Å². The molecule has 0 unspecified atom stereocenters. The van der Waals surface area contributed by atoms with E-state index in [-0.39, 0.29) is 0 Å². The first-order chi connectivity index (χ1) is 12.4. The average molecular weight is 368 g/mol. The van der Waals surface area contributed by atoms with Crippen molar-refractivity contribution < 1.29 is 8.78 Å². The lowest BCUT2D eigenvalue weighted by Crippen LogP contribution is -2.23. The number of hydrogen-bond acceptors (Lipinski definition) is 3. The topological polar surface area (TPSA) is 15.3 Å². The molecule has 1 aliphatic heterocycles. The van der Waals surface area contributed by atoms with E-state index in [9.17, 15) is 8.78 Å². The maximum atomic E-state index is 13.4. The lowest BCUT2D eigenvalue weighted by Gasteiger charge is -2.28. The van der Waals surface area contributed by atoms with Crippen LogP contribution >= 0.6 is 11.3 Å². The molecule has 1 aromatic heterocycles. The van der Waals surface area contributed by atoms with Crippen LogP contribution in [0.2, 0.25) is 0 Å². The number of nitrogens with zero attached hydrogens (tertiary/aromatic N) is 1. The van der Waals surface area contributed by atoms with Gasteiger partial charge in [0.2, 0.25) is 0 Å². The molecule has 0 atom stereocenters. The number of hydrogen-bond donors (Lipinski definition) is 1. The SMILES string of the molecule is Bc1csc(CNC(=C)C2=CC=CN(Cc3ccc(F)c(F)c3)C2=C)c1. The molecular weight excluding hydrogens is 349 g/mol. The van der Waals surface area contributed by atoms with Crippen molar-refractivity contribution in [1.29, 1.82) is 0 Å². The summed E-state index contributed by atoms with van der Waals surface area (Å²) in [6.45, 7) is 9.35. The van der Waals surface area contributed by atoms with Crippen molar-refractivity contribution in [1.82, 2.24) is 10.2 Å². The van der Waals surface area contributed by atoms with Gasteiger partial charge in [0.05, 0.1) is 0 Å². The molecule has 1 N–H and O–H groups in total. The summed E-state index contributed by atoms with van der Waals surface area (Å²) >= 11 is 1.71. The van der Waals surface area contributed by atoms with Gasteiger partial charge in [0.15, 0.2) is 11.6 Å². The van der Waals surface area contributed by atoms with Crippen molar-refractivity contribution in [3.05, 3.63) is 100 Å². The Morgan fingerprint density at radius 3 is 2.73 bits per heavy atom. The van der Waals surface area contributed by atoms with Gasteiger partial charge in [-0.2, -0.15) is 0 Å². The largest absolute Gasteiger partial charge is 0.380 e. The maximum absolute atomic E-state index is 13.4. The Balaban J connectivity index is 1.64. The van der Waals surface area contributed by atoms with Crippen LogP contribution in [0.5, 0.6) is 0 Å². The second kappa shape index (κ2) is 7.75. The highest BCUT2D eigenvalue weighted by Gasteiger charge is 2.16. The standard InChI is InChI=1S/C20H19BF2N2S/c1-13(24-10-17-9-16(21)12-26-17)18-4-3-7-25(14(18)2)11-15-5-6-19(22)20(23)8-15/h3-9,12,24H,1-2,10-11,21H2. The Kier molecular flexibility index (Phi) is 5.42. The van der Waals surface area contributed by atoms with Gasteiger partial charge in [-0.05, 0) is 35.2 Å². The van der Waals surface area contributed by atoms with Crippen LogP contribution < -0.4 is 10.8 Å². The highest BCUT2D eigenvalue weighted by atomic mass is 32.1. The van der Waals surface area contributed by atoms with Crippen molar-refractivity contribution in [2.24, 2.45) is 0 Å². The van der Waals surface area contributed by atoms with Gasteiger partial charge in [-0.3, -0.25) is 0 Å². The minimum atomic E-state index is -0.845. The zero-order valence-corrected chi connectivity index (χ0v) is 15.4. The summed E-state index contributed by atoms with van der Waals surface area (Å²) in [5.74, 6) is -1.69. The lowest BCUT2D eigenvalue weighted by molar-refractivity contribution is 0.457. The van der Waals surface area contributed by atoms with Crippen LogP contribution in [0.15, 0.2) is 78.1 Å². The third kappa shape index (κ3) is 4.14. The van der Waals surface area contributed by atoms with Crippen LogP contribution in [-0.4, -0.2) is 12.7 Å². The van der Waals surface area contributed by atoms with Gasteiger partial charge in [0, 0.05) is 41.1 Å². The van der Waals surface area contributed by atoms with Crippen molar-refractivity contribution in [2.45, 2.75) is 13.1 Å². The first-order valence-corrected chi connectivity index (χ1v) is 9.07. The number of rotatable bonds is 6. The van der Waals surface area contributed by atoms with E-state index < -0.39 is 11.6 Å². The molecule has 2 nitrogen and oxygen atoms in total. The molecule has 132 valence electrons. The van der Waals surface area contributed by atoms with Crippen LogP contribution in [0.25, 0.3) is 0 Å². The quantitative estimate of drug-likeness (QED) is 0.787. The molecule has 3 rings (SSSR count). The third-order valence-corrected chi connectivity index (χ3v) is 5.16. The maximum Gasteiger partial charge on any atom is 0.159 e. The second-order valence-electron chi connectivity index (χ2n) is 6.17. The van der Waals surface area contributed by atoms with Gasteiger partial charge in [0.25, 0.3) is 0 Å². The number of benzene rings is 1. The molecule has 26 heavy (non-hydrogen) atoms. The average Bonchev–Trinajstić information content (AvgIpc) is 3.03. The summed E-state index contributed by atoms with van der Waals surface area (Å²) in [5, 5.41) is 5.45.